The van der Waals surface area contributed by atoms with E-state index in [1.54, 1.807) is 49.4 Å². The highest BCUT2D eigenvalue weighted by Crippen LogP contribution is 2.46. The normalized spacial score (nSPS) is 17.1. The third kappa shape index (κ3) is 4.35. The number of nitrogens with zero attached hydrogens (tertiary/aromatic N) is 2. The van der Waals surface area contributed by atoms with E-state index in [-0.39, 0.29) is 22.2 Å². The van der Waals surface area contributed by atoms with E-state index in [4.69, 9.17) is 9.47 Å². The number of hydrogen-bond acceptors (Lipinski definition) is 8. The lowest BCUT2D eigenvalue weighted by atomic mass is 9.94. The molecule has 0 spiro atoms. The molecule has 0 aliphatic carbocycles. The lowest BCUT2D eigenvalue weighted by Gasteiger charge is -2.24. The van der Waals surface area contributed by atoms with Gasteiger partial charge in [0.1, 0.15) is 23.3 Å². The maximum Gasteiger partial charge on any atom is 0.301 e. The Morgan fingerprint density at radius 3 is 2.37 bits per heavy atom. The Kier molecular flexibility index (Phi) is 6.77. The van der Waals surface area contributed by atoms with Crippen LogP contribution in [-0.4, -0.2) is 41.8 Å². The van der Waals surface area contributed by atoms with Gasteiger partial charge >= 0.3 is 5.91 Å². The van der Waals surface area contributed by atoms with E-state index >= 15 is 0 Å². The van der Waals surface area contributed by atoms with Gasteiger partial charge in [0.2, 0.25) is 0 Å². The van der Waals surface area contributed by atoms with Crippen molar-refractivity contribution in [2.24, 2.45) is 0 Å². The van der Waals surface area contributed by atoms with Gasteiger partial charge in [-0.15, -0.1) is 0 Å². The molecule has 1 N–H and O–H groups in total. The Morgan fingerprint density at radius 1 is 1.11 bits per heavy atom. The predicted molar refractivity (Wildman–Crippen MR) is 135 cm³/mol. The average Bonchev–Trinajstić information content (AvgIpc) is 3.35. The highest BCUT2D eigenvalue weighted by molar-refractivity contribution is 9.10. The van der Waals surface area contributed by atoms with Crippen LogP contribution in [0.3, 0.4) is 0 Å². The van der Waals surface area contributed by atoms with Crippen molar-refractivity contribution in [3.8, 4) is 11.5 Å². The Balaban J connectivity index is 1.99. The molecule has 3 aromatic rings. The molecule has 0 saturated carbocycles. The maximum atomic E-state index is 13.4. The highest BCUT2D eigenvalue weighted by Gasteiger charge is 2.49. The summed E-state index contributed by atoms with van der Waals surface area (Å²) in [4.78, 5) is 44.8. The van der Waals surface area contributed by atoms with Gasteiger partial charge in [-0.05, 0) is 49.4 Å². The molecular formula is C25H21BrN2O6S. The minimum Gasteiger partial charge on any atom is -0.507 e. The van der Waals surface area contributed by atoms with Crippen molar-refractivity contribution < 1.29 is 29.0 Å². The number of Topliss-reactive ketones (excluding diaryl/α,β-unsaturated/α-hetero) is 2. The van der Waals surface area contributed by atoms with Gasteiger partial charge in [0.25, 0.3) is 5.78 Å². The molecule has 1 atom stereocenters. The van der Waals surface area contributed by atoms with Gasteiger partial charge < -0.3 is 14.6 Å². The van der Waals surface area contributed by atoms with Crippen LogP contribution in [0.1, 0.15) is 39.5 Å². The molecule has 180 valence electrons. The van der Waals surface area contributed by atoms with Crippen LogP contribution in [0.15, 0.2) is 52.5 Å². The van der Waals surface area contributed by atoms with Crippen molar-refractivity contribution in [3.63, 3.8) is 0 Å². The van der Waals surface area contributed by atoms with E-state index in [1.807, 2.05) is 0 Å². The number of aliphatic hydroxyl groups is 1. The number of thiazole rings is 1. The smallest absolute Gasteiger partial charge is 0.301 e. The summed E-state index contributed by atoms with van der Waals surface area (Å²) in [5.41, 5.74) is 1.14. The van der Waals surface area contributed by atoms with Crippen molar-refractivity contribution in [3.05, 3.63) is 74.2 Å². The topological polar surface area (TPSA) is 106 Å². The Hall–Kier alpha value is -3.50. The first-order valence-electron chi connectivity index (χ1n) is 10.4. The van der Waals surface area contributed by atoms with E-state index in [0.29, 0.717) is 37.7 Å². The molecule has 10 heteroatoms. The van der Waals surface area contributed by atoms with Gasteiger partial charge in [-0.3, -0.25) is 19.3 Å². The fourth-order valence-electron chi connectivity index (χ4n) is 3.96. The number of methoxy groups -OCH3 is 2. The van der Waals surface area contributed by atoms with E-state index in [0.717, 1.165) is 11.3 Å². The number of amides is 1. The molecule has 0 bridgehead atoms. The van der Waals surface area contributed by atoms with Crippen LogP contribution in [0.5, 0.6) is 11.5 Å². The number of anilines is 1. The second kappa shape index (κ2) is 9.63. The van der Waals surface area contributed by atoms with E-state index in [2.05, 4.69) is 20.9 Å². The number of halogens is 1. The standard InChI is InChI=1S/C25H21BrN2O6S/c1-12-23(13(2)29)35-25(27-12)28-20(17-11-15(26)7-10-18(17)34-4)19(22(31)24(28)32)21(30)14-5-8-16(33-3)9-6-14/h5-11,20,30H,1-4H3/b21-19+. The molecular weight excluding hydrogens is 536 g/mol. The van der Waals surface area contributed by atoms with Gasteiger partial charge in [0, 0.05) is 22.5 Å². The molecule has 1 aromatic heterocycles. The average molecular weight is 557 g/mol. The number of ketones is 2. The minimum absolute atomic E-state index is 0.117. The second-order valence-corrected chi connectivity index (χ2v) is 9.64. The summed E-state index contributed by atoms with van der Waals surface area (Å²) in [6, 6.07) is 10.6. The van der Waals surface area contributed by atoms with Crippen molar-refractivity contribution in [2.45, 2.75) is 19.9 Å². The van der Waals surface area contributed by atoms with Crippen molar-refractivity contribution in [1.82, 2.24) is 4.98 Å². The SMILES string of the molecule is COc1ccc(/C(O)=C2\C(=O)C(=O)N(c3nc(C)c(C(C)=O)s3)C2c2cc(Br)ccc2OC)cc1. The number of aliphatic hydroxyl groups excluding tert-OH is 1. The van der Waals surface area contributed by atoms with Crippen molar-refractivity contribution in [2.75, 3.05) is 19.1 Å². The molecule has 1 aliphatic rings. The number of hydrogen-bond donors (Lipinski definition) is 1. The van der Waals surface area contributed by atoms with Crippen LogP contribution in [-0.2, 0) is 9.59 Å². The van der Waals surface area contributed by atoms with Crippen LogP contribution in [0.25, 0.3) is 5.76 Å². The molecule has 1 fully saturated rings. The number of ether oxygens (including phenoxy) is 2. The fourth-order valence-corrected chi connectivity index (χ4v) is 5.33. The Labute approximate surface area is 213 Å². The number of aryl methyl sites for hydroxylation is 1. The monoisotopic (exact) mass is 556 g/mol. The molecule has 0 radical (unpaired) electrons. The Bertz CT molecular complexity index is 1380. The molecule has 1 aliphatic heterocycles. The van der Waals surface area contributed by atoms with Crippen LogP contribution < -0.4 is 14.4 Å². The summed E-state index contributed by atoms with van der Waals surface area (Å²) in [5.74, 6) is -1.30. The fraction of sp³-hybridized carbons (Fsp3) is 0.200. The zero-order chi connectivity index (χ0) is 25.4. The first-order valence-corrected chi connectivity index (χ1v) is 12.1. The molecule has 35 heavy (non-hydrogen) atoms. The summed E-state index contributed by atoms with van der Waals surface area (Å²) in [6.07, 6.45) is 0. The first kappa shape index (κ1) is 24.6. The van der Waals surface area contributed by atoms with E-state index in [9.17, 15) is 19.5 Å². The molecule has 2 heterocycles. The summed E-state index contributed by atoms with van der Waals surface area (Å²) in [6.45, 7) is 3.08. The van der Waals surface area contributed by atoms with E-state index < -0.39 is 17.7 Å². The molecule has 1 saturated heterocycles. The van der Waals surface area contributed by atoms with Gasteiger partial charge in [-0.25, -0.2) is 4.98 Å². The summed E-state index contributed by atoms with van der Waals surface area (Å²) < 4.78 is 11.4. The quantitative estimate of drug-likeness (QED) is 0.196. The number of aromatic nitrogens is 1. The number of rotatable bonds is 6. The molecule has 1 unspecified atom stereocenters. The lowest BCUT2D eigenvalue weighted by Crippen LogP contribution is -2.29. The van der Waals surface area contributed by atoms with Gasteiger partial charge in [-0.1, -0.05) is 27.3 Å². The Morgan fingerprint density at radius 2 is 1.80 bits per heavy atom. The predicted octanol–water partition coefficient (Wildman–Crippen LogP) is 5.06. The maximum absolute atomic E-state index is 13.4. The van der Waals surface area contributed by atoms with Crippen molar-refractivity contribution in [1.29, 1.82) is 0 Å². The number of carbonyl (C=O) groups excluding carboxylic acids is 3. The molecule has 2 aromatic carbocycles. The summed E-state index contributed by atoms with van der Waals surface area (Å²) in [7, 11) is 3.00. The minimum atomic E-state index is -1.05. The molecule has 8 nitrogen and oxygen atoms in total. The van der Waals surface area contributed by atoms with Gasteiger partial charge in [0.05, 0.1) is 30.4 Å². The highest BCUT2D eigenvalue weighted by atomic mass is 79.9. The third-order valence-corrected chi connectivity index (χ3v) is 7.36. The number of benzene rings is 2. The molecule has 1 amide bonds. The third-order valence-electron chi connectivity index (χ3n) is 5.61. The summed E-state index contributed by atoms with van der Waals surface area (Å²) >= 11 is 4.46. The van der Waals surface area contributed by atoms with Crippen LogP contribution in [0.4, 0.5) is 5.13 Å². The van der Waals surface area contributed by atoms with Crippen LogP contribution in [0.2, 0.25) is 0 Å². The van der Waals surface area contributed by atoms with Crippen molar-refractivity contribution >= 4 is 55.6 Å². The zero-order valence-electron chi connectivity index (χ0n) is 19.3. The largest absolute Gasteiger partial charge is 0.507 e. The van der Waals surface area contributed by atoms with Crippen LogP contribution >= 0.6 is 27.3 Å². The first-order chi connectivity index (χ1) is 16.7. The zero-order valence-corrected chi connectivity index (χ0v) is 21.7. The lowest BCUT2D eigenvalue weighted by molar-refractivity contribution is -0.132. The summed E-state index contributed by atoms with van der Waals surface area (Å²) in [5, 5.41) is 11.4. The molecule has 4 rings (SSSR count). The van der Waals surface area contributed by atoms with Crippen LogP contribution in [0, 0.1) is 6.92 Å². The van der Waals surface area contributed by atoms with Gasteiger partial charge in [-0.2, -0.15) is 0 Å². The van der Waals surface area contributed by atoms with E-state index in [1.165, 1.54) is 26.0 Å². The second-order valence-electron chi connectivity index (χ2n) is 7.75. The number of carbonyl (C=O) groups is 3. The van der Waals surface area contributed by atoms with Gasteiger partial charge in [0.15, 0.2) is 10.9 Å².